The SMILES string of the molecule is O=C(C1CCCNC1)N1CCC(N2CCCCC2)CC1. The Labute approximate surface area is 122 Å². The summed E-state index contributed by atoms with van der Waals surface area (Å²) >= 11 is 0. The summed E-state index contributed by atoms with van der Waals surface area (Å²) in [5.74, 6) is 0.657. The van der Waals surface area contributed by atoms with Gasteiger partial charge < -0.3 is 15.1 Å². The van der Waals surface area contributed by atoms with Gasteiger partial charge in [0.05, 0.1) is 5.92 Å². The molecule has 0 aromatic rings. The molecule has 3 rings (SSSR count). The fourth-order valence-electron chi connectivity index (χ4n) is 4.06. The van der Waals surface area contributed by atoms with Crippen LogP contribution in [0, 0.1) is 5.92 Å². The zero-order valence-electron chi connectivity index (χ0n) is 12.6. The molecule has 0 aromatic carbocycles. The lowest BCUT2D eigenvalue weighted by molar-refractivity contribution is -0.137. The van der Waals surface area contributed by atoms with E-state index < -0.39 is 0 Å². The molecule has 0 aromatic heterocycles. The third-order valence-corrected chi connectivity index (χ3v) is 5.33. The van der Waals surface area contributed by atoms with Gasteiger partial charge in [-0.05, 0) is 58.2 Å². The third kappa shape index (κ3) is 3.34. The number of hydrogen-bond donors (Lipinski definition) is 1. The number of likely N-dealkylation sites (tertiary alicyclic amines) is 2. The molecule has 0 bridgehead atoms. The van der Waals surface area contributed by atoms with Gasteiger partial charge in [0.1, 0.15) is 0 Å². The van der Waals surface area contributed by atoms with Gasteiger partial charge in [-0.2, -0.15) is 0 Å². The second-order valence-corrected chi connectivity index (χ2v) is 6.70. The standard InChI is InChI=1S/C16H29N3O/c20-16(14-5-4-8-17-13-14)19-11-6-15(7-12-19)18-9-2-1-3-10-18/h14-15,17H,1-13H2. The molecule has 4 nitrogen and oxygen atoms in total. The average molecular weight is 279 g/mol. The average Bonchev–Trinajstić information content (AvgIpc) is 2.56. The maximum absolute atomic E-state index is 12.5. The van der Waals surface area contributed by atoms with Gasteiger partial charge in [0.25, 0.3) is 0 Å². The molecular formula is C16H29N3O. The molecule has 1 N–H and O–H groups in total. The van der Waals surface area contributed by atoms with Crippen LogP contribution in [0.2, 0.25) is 0 Å². The Balaban J connectivity index is 1.46. The summed E-state index contributed by atoms with van der Waals surface area (Å²) in [5.41, 5.74) is 0. The summed E-state index contributed by atoms with van der Waals surface area (Å²) in [6, 6.07) is 0.740. The van der Waals surface area contributed by atoms with E-state index in [1.165, 1.54) is 45.2 Å². The maximum Gasteiger partial charge on any atom is 0.226 e. The van der Waals surface area contributed by atoms with Gasteiger partial charge in [-0.1, -0.05) is 6.42 Å². The molecule has 114 valence electrons. The summed E-state index contributed by atoms with van der Waals surface area (Å²) in [6.45, 7) is 6.51. The predicted molar refractivity (Wildman–Crippen MR) is 80.6 cm³/mol. The maximum atomic E-state index is 12.5. The molecule has 20 heavy (non-hydrogen) atoms. The molecular weight excluding hydrogens is 250 g/mol. The molecule has 1 atom stereocenters. The van der Waals surface area contributed by atoms with E-state index in [1.807, 2.05) is 0 Å². The number of hydrogen-bond acceptors (Lipinski definition) is 3. The highest BCUT2D eigenvalue weighted by atomic mass is 16.2. The van der Waals surface area contributed by atoms with Crippen LogP contribution in [0.4, 0.5) is 0 Å². The van der Waals surface area contributed by atoms with Gasteiger partial charge >= 0.3 is 0 Å². The largest absolute Gasteiger partial charge is 0.342 e. The second kappa shape index (κ2) is 6.90. The monoisotopic (exact) mass is 279 g/mol. The molecule has 1 unspecified atom stereocenters. The van der Waals surface area contributed by atoms with Crippen molar-refractivity contribution in [3.8, 4) is 0 Å². The van der Waals surface area contributed by atoms with Gasteiger partial charge in [0.2, 0.25) is 5.91 Å². The normalized spacial score (nSPS) is 30.4. The van der Waals surface area contributed by atoms with Crippen LogP contribution in [-0.2, 0) is 4.79 Å². The number of nitrogens with zero attached hydrogens (tertiary/aromatic N) is 2. The Hall–Kier alpha value is -0.610. The lowest BCUT2D eigenvalue weighted by Gasteiger charge is -2.41. The second-order valence-electron chi connectivity index (χ2n) is 6.70. The highest BCUT2D eigenvalue weighted by Crippen LogP contribution is 2.23. The van der Waals surface area contributed by atoms with Crippen LogP contribution in [0.25, 0.3) is 0 Å². The van der Waals surface area contributed by atoms with E-state index in [0.717, 1.165) is 45.1 Å². The third-order valence-electron chi connectivity index (χ3n) is 5.33. The molecule has 3 heterocycles. The van der Waals surface area contributed by atoms with Crippen molar-refractivity contribution in [3.63, 3.8) is 0 Å². The Bertz CT molecular complexity index is 314. The fraction of sp³-hybridized carbons (Fsp3) is 0.938. The number of rotatable bonds is 2. The first-order valence-corrected chi connectivity index (χ1v) is 8.58. The summed E-state index contributed by atoms with van der Waals surface area (Å²) in [5, 5.41) is 3.36. The molecule has 3 fully saturated rings. The van der Waals surface area contributed by atoms with Crippen molar-refractivity contribution in [2.45, 2.75) is 51.0 Å². The number of nitrogens with one attached hydrogen (secondary N) is 1. The van der Waals surface area contributed by atoms with Crippen LogP contribution in [0.15, 0.2) is 0 Å². The molecule has 0 spiro atoms. The predicted octanol–water partition coefficient (Wildman–Crippen LogP) is 1.46. The number of amides is 1. The van der Waals surface area contributed by atoms with Crippen LogP contribution in [0.1, 0.15) is 44.9 Å². The Morgan fingerprint density at radius 2 is 1.65 bits per heavy atom. The van der Waals surface area contributed by atoms with E-state index in [9.17, 15) is 4.79 Å². The van der Waals surface area contributed by atoms with Crippen molar-refractivity contribution in [2.75, 3.05) is 39.3 Å². The summed E-state index contributed by atoms with van der Waals surface area (Å²) in [4.78, 5) is 17.3. The first kappa shape index (κ1) is 14.3. The zero-order chi connectivity index (χ0) is 13.8. The first-order chi connectivity index (χ1) is 9.84. The first-order valence-electron chi connectivity index (χ1n) is 8.58. The van der Waals surface area contributed by atoms with Crippen molar-refractivity contribution >= 4 is 5.91 Å². The lowest BCUT2D eigenvalue weighted by Crippen LogP contribution is -2.50. The molecule has 1 amide bonds. The summed E-state index contributed by atoms with van der Waals surface area (Å²) < 4.78 is 0. The Morgan fingerprint density at radius 3 is 2.30 bits per heavy atom. The smallest absolute Gasteiger partial charge is 0.226 e. The Morgan fingerprint density at radius 1 is 0.900 bits per heavy atom. The minimum Gasteiger partial charge on any atom is -0.342 e. The van der Waals surface area contributed by atoms with E-state index in [2.05, 4.69) is 15.1 Å². The van der Waals surface area contributed by atoms with Crippen LogP contribution in [-0.4, -0.2) is 61.0 Å². The summed E-state index contributed by atoms with van der Waals surface area (Å²) in [7, 11) is 0. The van der Waals surface area contributed by atoms with Gasteiger partial charge in [-0.15, -0.1) is 0 Å². The number of carbonyl (C=O) groups excluding carboxylic acids is 1. The van der Waals surface area contributed by atoms with Crippen LogP contribution < -0.4 is 5.32 Å². The van der Waals surface area contributed by atoms with E-state index >= 15 is 0 Å². The minimum atomic E-state index is 0.246. The minimum absolute atomic E-state index is 0.246. The van der Waals surface area contributed by atoms with Crippen LogP contribution in [0.3, 0.4) is 0 Å². The topological polar surface area (TPSA) is 35.6 Å². The van der Waals surface area contributed by atoms with Gasteiger partial charge in [0.15, 0.2) is 0 Å². The van der Waals surface area contributed by atoms with Crippen molar-refractivity contribution in [3.05, 3.63) is 0 Å². The zero-order valence-corrected chi connectivity index (χ0v) is 12.6. The molecule has 0 radical (unpaired) electrons. The van der Waals surface area contributed by atoms with E-state index in [0.29, 0.717) is 5.91 Å². The van der Waals surface area contributed by atoms with Crippen molar-refractivity contribution < 1.29 is 4.79 Å². The lowest BCUT2D eigenvalue weighted by atomic mass is 9.95. The van der Waals surface area contributed by atoms with Gasteiger partial charge in [-0.3, -0.25) is 4.79 Å². The van der Waals surface area contributed by atoms with Gasteiger partial charge in [0, 0.05) is 25.7 Å². The van der Waals surface area contributed by atoms with E-state index in [4.69, 9.17) is 0 Å². The van der Waals surface area contributed by atoms with E-state index in [-0.39, 0.29) is 5.92 Å². The molecule has 4 heteroatoms. The molecule has 3 aliphatic heterocycles. The fourth-order valence-corrected chi connectivity index (χ4v) is 4.06. The van der Waals surface area contributed by atoms with Crippen molar-refractivity contribution in [1.82, 2.24) is 15.1 Å². The molecule has 0 saturated carbocycles. The molecule has 3 aliphatic rings. The number of carbonyl (C=O) groups is 1. The van der Waals surface area contributed by atoms with Crippen molar-refractivity contribution in [2.24, 2.45) is 5.92 Å². The number of piperidine rings is 3. The Kier molecular flexibility index (Phi) is 4.94. The molecule has 0 aliphatic carbocycles. The van der Waals surface area contributed by atoms with Crippen LogP contribution >= 0.6 is 0 Å². The highest BCUT2D eigenvalue weighted by Gasteiger charge is 2.31. The van der Waals surface area contributed by atoms with Crippen molar-refractivity contribution in [1.29, 1.82) is 0 Å². The quantitative estimate of drug-likeness (QED) is 0.831. The van der Waals surface area contributed by atoms with Gasteiger partial charge in [-0.25, -0.2) is 0 Å². The highest BCUT2D eigenvalue weighted by molar-refractivity contribution is 5.79. The molecule has 3 saturated heterocycles. The summed E-state index contributed by atoms with van der Waals surface area (Å²) in [6.07, 6.45) is 8.75. The van der Waals surface area contributed by atoms with E-state index in [1.54, 1.807) is 0 Å². The van der Waals surface area contributed by atoms with Crippen LogP contribution in [0.5, 0.6) is 0 Å².